The predicted molar refractivity (Wildman–Crippen MR) is 65.2 cm³/mol. The number of halogens is 1. The summed E-state index contributed by atoms with van der Waals surface area (Å²) in [6, 6.07) is 2.02. The van der Waals surface area contributed by atoms with Gasteiger partial charge in [0.15, 0.2) is 0 Å². The molecule has 0 N–H and O–H groups in total. The summed E-state index contributed by atoms with van der Waals surface area (Å²) in [6.07, 6.45) is 4.80. The normalized spacial score (nSPS) is 16.8. The summed E-state index contributed by atoms with van der Waals surface area (Å²) in [5, 5.41) is 0. The van der Waals surface area contributed by atoms with Gasteiger partial charge in [0, 0.05) is 25.6 Å². The molecule has 1 aromatic heterocycles. The van der Waals surface area contributed by atoms with Crippen LogP contribution in [0.15, 0.2) is 10.7 Å². The molecule has 1 aliphatic rings. The lowest BCUT2D eigenvalue weighted by Gasteiger charge is -2.27. The van der Waals surface area contributed by atoms with Crippen LogP contribution >= 0.6 is 15.9 Å². The zero-order chi connectivity index (χ0) is 10.7. The van der Waals surface area contributed by atoms with Crippen LogP contribution in [0.1, 0.15) is 32.0 Å². The largest absolute Gasteiger partial charge is 0.356 e. The number of rotatable bonds is 2. The molecule has 2 heterocycles. The van der Waals surface area contributed by atoms with Gasteiger partial charge in [-0.2, -0.15) is 0 Å². The second kappa shape index (κ2) is 4.92. The number of nitrogens with zero attached hydrogens (tertiary/aromatic N) is 3. The topological polar surface area (TPSA) is 29.0 Å². The maximum atomic E-state index is 4.56. The van der Waals surface area contributed by atoms with Crippen LogP contribution in [0.5, 0.6) is 0 Å². The summed E-state index contributed by atoms with van der Waals surface area (Å²) in [5.41, 5.74) is 0. The Bertz CT molecular complexity index is 335. The number of aryl methyl sites for hydroxylation is 1. The van der Waals surface area contributed by atoms with E-state index in [0.29, 0.717) is 0 Å². The van der Waals surface area contributed by atoms with Gasteiger partial charge in [-0.05, 0) is 35.2 Å². The van der Waals surface area contributed by atoms with Gasteiger partial charge in [-0.25, -0.2) is 9.97 Å². The van der Waals surface area contributed by atoms with Crippen molar-refractivity contribution in [2.45, 2.75) is 32.6 Å². The van der Waals surface area contributed by atoms with E-state index in [2.05, 4.69) is 37.7 Å². The van der Waals surface area contributed by atoms with Gasteiger partial charge in [0.1, 0.15) is 16.2 Å². The molecule has 0 atom stereocenters. The highest BCUT2D eigenvalue weighted by Gasteiger charge is 2.13. The Hall–Kier alpha value is -0.640. The van der Waals surface area contributed by atoms with Crippen molar-refractivity contribution in [3.63, 3.8) is 0 Å². The third-order valence-electron chi connectivity index (χ3n) is 2.72. The molecule has 0 bridgehead atoms. The smallest absolute Gasteiger partial charge is 0.133 e. The molecule has 3 nitrogen and oxygen atoms in total. The molecule has 15 heavy (non-hydrogen) atoms. The zero-order valence-electron chi connectivity index (χ0n) is 9.04. The molecule has 2 rings (SSSR count). The highest BCUT2D eigenvalue weighted by atomic mass is 79.9. The first-order valence-electron chi connectivity index (χ1n) is 5.58. The van der Waals surface area contributed by atoms with Crippen LogP contribution in [-0.2, 0) is 6.42 Å². The Labute approximate surface area is 99.0 Å². The van der Waals surface area contributed by atoms with Crippen LogP contribution in [0, 0.1) is 0 Å². The summed E-state index contributed by atoms with van der Waals surface area (Å²) in [7, 11) is 0. The lowest BCUT2D eigenvalue weighted by Crippen LogP contribution is -2.30. The predicted octanol–water partition coefficient (Wildman–Crippen LogP) is 2.79. The van der Waals surface area contributed by atoms with Crippen molar-refractivity contribution < 1.29 is 0 Å². The molecule has 0 amide bonds. The fourth-order valence-electron chi connectivity index (χ4n) is 1.89. The van der Waals surface area contributed by atoms with Crippen molar-refractivity contribution in [1.29, 1.82) is 0 Å². The molecular weight excluding hydrogens is 254 g/mol. The van der Waals surface area contributed by atoms with Crippen LogP contribution in [0.25, 0.3) is 0 Å². The zero-order valence-corrected chi connectivity index (χ0v) is 10.6. The number of piperidine rings is 1. The van der Waals surface area contributed by atoms with E-state index in [4.69, 9.17) is 0 Å². The van der Waals surface area contributed by atoms with Gasteiger partial charge in [0.25, 0.3) is 0 Å². The van der Waals surface area contributed by atoms with Gasteiger partial charge in [-0.1, -0.05) is 6.92 Å². The van der Waals surface area contributed by atoms with Crippen molar-refractivity contribution in [2.75, 3.05) is 18.0 Å². The van der Waals surface area contributed by atoms with Gasteiger partial charge < -0.3 is 4.90 Å². The SMILES string of the molecule is CCc1nc(Br)cc(N2CCCCC2)n1. The van der Waals surface area contributed by atoms with Crippen LogP contribution < -0.4 is 4.90 Å². The summed E-state index contributed by atoms with van der Waals surface area (Å²) in [4.78, 5) is 11.2. The molecule has 1 fully saturated rings. The molecule has 0 spiro atoms. The van der Waals surface area contributed by atoms with Crippen LogP contribution in [0.2, 0.25) is 0 Å². The third kappa shape index (κ3) is 2.68. The average molecular weight is 270 g/mol. The van der Waals surface area contributed by atoms with Crippen molar-refractivity contribution >= 4 is 21.7 Å². The molecule has 82 valence electrons. The fourth-order valence-corrected chi connectivity index (χ4v) is 2.30. The van der Waals surface area contributed by atoms with Crippen molar-refractivity contribution in [1.82, 2.24) is 9.97 Å². The maximum Gasteiger partial charge on any atom is 0.133 e. The Morgan fingerprint density at radius 1 is 1.27 bits per heavy atom. The lowest BCUT2D eigenvalue weighted by atomic mass is 10.1. The second-order valence-corrected chi connectivity index (χ2v) is 4.68. The van der Waals surface area contributed by atoms with E-state index in [1.807, 2.05) is 6.07 Å². The summed E-state index contributed by atoms with van der Waals surface area (Å²) in [6.45, 7) is 4.35. The summed E-state index contributed by atoms with van der Waals surface area (Å²) in [5.74, 6) is 2.00. The van der Waals surface area contributed by atoms with Gasteiger partial charge in [0.2, 0.25) is 0 Å². The number of hydrogen-bond acceptors (Lipinski definition) is 3. The van der Waals surface area contributed by atoms with E-state index < -0.39 is 0 Å². The van der Waals surface area contributed by atoms with Crippen LogP contribution in [0.4, 0.5) is 5.82 Å². The van der Waals surface area contributed by atoms with E-state index in [0.717, 1.165) is 35.8 Å². The maximum absolute atomic E-state index is 4.56. The highest BCUT2D eigenvalue weighted by molar-refractivity contribution is 9.10. The Kier molecular flexibility index (Phi) is 3.57. The van der Waals surface area contributed by atoms with E-state index in [1.54, 1.807) is 0 Å². The molecule has 0 aromatic carbocycles. The van der Waals surface area contributed by atoms with E-state index >= 15 is 0 Å². The summed E-state index contributed by atoms with van der Waals surface area (Å²) < 4.78 is 0.898. The number of hydrogen-bond donors (Lipinski definition) is 0. The van der Waals surface area contributed by atoms with Gasteiger partial charge in [-0.15, -0.1) is 0 Å². The van der Waals surface area contributed by atoms with E-state index in [1.165, 1.54) is 19.3 Å². The quantitative estimate of drug-likeness (QED) is 0.774. The minimum atomic E-state index is 0.889. The average Bonchev–Trinajstić information content (AvgIpc) is 2.29. The molecular formula is C11H16BrN3. The summed E-state index contributed by atoms with van der Waals surface area (Å²) >= 11 is 3.44. The monoisotopic (exact) mass is 269 g/mol. The standard InChI is InChI=1S/C11H16BrN3/c1-2-10-13-9(12)8-11(14-10)15-6-4-3-5-7-15/h8H,2-7H2,1H3. The fraction of sp³-hybridized carbons (Fsp3) is 0.636. The minimum absolute atomic E-state index is 0.889. The first-order chi connectivity index (χ1) is 7.29. The second-order valence-electron chi connectivity index (χ2n) is 3.87. The molecule has 1 aromatic rings. The molecule has 0 aliphatic carbocycles. The van der Waals surface area contributed by atoms with Gasteiger partial charge in [0.05, 0.1) is 0 Å². The number of anilines is 1. The Morgan fingerprint density at radius 3 is 2.67 bits per heavy atom. The van der Waals surface area contributed by atoms with Crippen molar-refractivity contribution in [2.24, 2.45) is 0 Å². The van der Waals surface area contributed by atoms with Crippen molar-refractivity contribution in [3.8, 4) is 0 Å². The Balaban J connectivity index is 2.22. The third-order valence-corrected chi connectivity index (χ3v) is 3.13. The minimum Gasteiger partial charge on any atom is -0.356 e. The molecule has 1 saturated heterocycles. The Morgan fingerprint density at radius 2 is 2.00 bits per heavy atom. The van der Waals surface area contributed by atoms with E-state index in [9.17, 15) is 0 Å². The van der Waals surface area contributed by atoms with Crippen LogP contribution in [0.3, 0.4) is 0 Å². The molecule has 0 radical (unpaired) electrons. The van der Waals surface area contributed by atoms with Crippen LogP contribution in [-0.4, -0.2) is 23.1 Å². The van der Waals surface area contributed by atoms with Gasteiger partial charge >= 0.3 is 0 Å². The first-order valence-corrected chi connectivity index (χ1v) is 6.37. The van der Waals surface area contributed by atoms with E-state index in [-0.39, 0.29) is 0 Å². The highest BCUT2D eigenvalue weighted by Crippen LogP contribution is 2.20. The van der Waals surface area contributed by atoms with Gasteiger partial charge in [-0.3, -0.25) is 0 Å². The molecule has 4 heteroatoms. The number of aromatic nitrogens is 2. The lowest BCUT2D eigenvalue weighted by molar-refractivity contribution is 0.572. The molecule has 0 saturated carbocycles. The first kappa shape index (κ1) is 10.9. The van der Waals surface area contributed by atoms with Crippen molar-refractivity contribution in [3.05, 3.63) is 16.5 Å². The molecule has 0 unspecified atom stereocenters. The molecule has 1 aliphatic heterocycles.